The van der Waals surface area contributed by atoms with Crippen LogP contribution in [0.25, 0.3) is 12.2 Å². The number of nitrogens with zero attached hydrogens (tertiary/aromatic N) is 4. The third kappa shape index (κ3) is 14.5. The number of alkyl halides is 6. The SMILES string of the molecule is CNC(=O)Nc1cc(Cl)c(OC(F)(F)F)cc1/C=C/C(=O)N1C2COCC1CN(Cc1ccc(F)cc1)C2.Nc1cc(Cl)c(OC(F)(F)F)cc1/C=C/C(=O)N1C2COCC1CN(Cc1ccc(F)cc1)C2. The van der Waals surface area contributed by atoms with E-state index < -0.39 is 30.3 Å². The van der Waals surface area contributed by atoms with Gasteiger partial charge in [-0.3, -0.25) is 19.4 Å². The van der Waals surface area contributed by atoms with Crippen molar-refractivity contribution in [3.8, 4) is 11.5 Å². The van der Waals surface area contributed by atoms with Gasteiger partial charge in [0, 0.05) is 75.3 Å². The smallest absolute Gasteiger partial charge is 0.404 e. The summed E-state index contributed by atoms with van der Waals surface area (Å²) in [7, 11) is 1.37. The first-order chi connectivity index (χ1) is 34.1. The quantitative estimate of drug-likeness (QED) is 0.0760. The van der Waals surface area contributed by atoms with Crippen molar-refractivity contribution < 1.29 is 68.5 Å². The van der Waals surface area contributed by atoms with E-state index in [0.717, 1.165) is 35.4 Å². The van der Waals surface area contributed by atoms with E-state index in [1.165, 1.54) is 55.6 Å². The molecule has 4 amide bonds. The largest absolute Gasteiger partial charge is 0.573 e. The minimum absolute atomic E-state index is 0.0839. The predicted octanol–water partition coefficient (Wildman–Crippen LogP) is 8.34. The molecule has 4 N–H and O–H groups in total. The van der Waals surface area contributed by atoms with Gasteiger partial charge in [0.15, 0.2) is 0 Å². The minimum Gasteiger partial charge on any atom is -0.404 e. The monoisotopic (exact) mass is 1060 g/mol. The molecule has 4 atom stereocenters. The van der Waals surface area contributed by atoms with Crippen LogP contribution in [0.2, 0.25) is 10.0 Å². The molecule has 8 rings (SSSR count). The Balaban J connectivity index is 0.000000213. The molecule has 4 aliphatic rings. The standard InChI is InChI=1S/C25H25ClF4N4O4.C23H22ClF4N3O3/c1-31-24(36)32-21-9-20(26)22(38-25(28,29)30)8-16(21)4-7-23(35)34-18-11-33(12-19(34)14-37-13-18)10-15-2-5-17(27)6-3-15;24-19-8-20(29)15(7-21(19)34-23(26,27)28)3-6-22(32)31-17-10-30(11-18(31)13-33-12-17)9-14-1-4-16(25)5-2-14/h2-9,18-19H,10-14H2,1H3,(H2,31,32,36);1-8,17-18H,9-13,29H2/b7-4+;6-3+. The number of carbonyl (C=O) groups is 3. The van der Waals surface area contributed by atoms with E-state index in [1.54, 1.807) is 34.1 Å². The first-order valence-corrected chi connectivity index (χ1v) is 22.9. The van der Waals surface area contributed by atoms with E-state index in [9.17, 15) is 49.5 Å². The topological polar surface area (TPSA) is 151 Å². The lowest BCUT2D eigenvalue weighted by Gasteiger charge is -2.49. The van der Waals surface area contributed by atoms with Gasteiger partial charge in [0.2, 0.25) is 11.8 Å². The van der Waals surface area contributed by atoms with Crippen molar-refractivity contribution in [3.05, 3.63) is 129 Å². The predicted molar refractivity (Wildman–Crippen MR) is 251 cm³/mol. The number of hydrogen-bond acceptors (Lipinski definition) is 10. The van der Waals surface area contributed by atoms with Crippen LogP contribution in [0.1, 0.15) is 22.3 Å². The summed E-state index contributed by atoms with van der Waals surface area (Å²) in [6.07, 6.45) is -4.75. The number of benzene rings is 4. The number of carbonyl (C=O) groups excluding carboxylic acids is 3. The fraction of sp³-hybridized carbons (Fsp3) is 0.354. The third-order valence-electron chi connectivity index (χ3n) is 11.8. The maximum absolute atomic E-state index is 13.2. The van der Waals surface area contributed by atoms with E-state index in [0.29, 0.717) is 65.7 Å². The fourth-order valence-corrected chi connectivity index (χ4v) is 9.22. The molecule has 386 valence electrons. The molecule has 0 aliphatic carbocycles. The number of fused-ring (bicyclic) bond motifs is 4. The van der Waals surface area contributed by atoms with E-state index in [2.05, 4.69) is 29.9 Å². The Hall–Kier alpha value is -6.17. The Morgan fingerprint density at radius 1 is 0.653 bits per heavy atom. The van der Waals surface area contributed by atoms with Gasteiger partial charge in [-0.2, -0.15) is 0 Å². The van der Waals surface area contributed by atoms with Crippen LogP contribution in [0, 0.1) is 11.6 Å². The molecule has 24 heteroatoms. The van der Waals surface area contributed by atoms with Crippen LogP contribution in [0.4, 0.5) is 51.3 Å². The van der Waals surface area contributed by atoms with Crippen LogP contribution in [0.3, 0.4) is 0 Å². The normalized spacial score (nSPS) is 20.5. The summed E-state index contributed by atoms with van der Waals surface area (Å²) in [5, 5.41) is 4.15. The second kappa shape index (κ2) is 23.1. The van der Waals surface area contributed by atoms with Gasteiger partial charge in [0.1, 0.15) is 23.1 Å². The van der Waals surface area contributed by atoms with Crippen molar-refractivity contribution in [1.82, 2.24) is 24.9 Å². The molecule has 4 saturated heterocycles. The molecule has 0 spiro atoms. The number of nitrogens with one attached hydrogen (secondary N) is 2. The molecule has 4 aromatic carbocycles. The average molecular weight is 1060 g/mol. The zero-order valence-electron chi connectivity index (χ0n) is 38.1. The lowest BCUT2D eigenvalue weighted by atomic mass is 10.0. The Morgan fingerprint density at radius 2 is 1.04 bits per heavy atom. The third-order valence-corrected chi connectivity index (χ3v) is 12.4. The zero-order valence-corrected chi connectivity index (χ0v) is 39.6. The molecule has 14 nitrogen and oxygen atoms in total. The van der Waals surface area contributed by atoms with Gasteiger partial charge in [-0.25, -0.2) is 13.6 Å². The van der Waals surface area contributed by atoms with E-state index in [-0.39, 0.29) is 80.2 Å². The summed E-state index contributed by atoms with van der Waals surface area (Å²) in [6, 6.07) is 15.3. The van der Waals surface area contributed by atoms with Gasteiger partial charge in [-0.05, 0) is 71.8 Å². The maximum atomic E-state index is 13.2. The van der Waals surface area contributed by atoms with Crippen molar-refractivity contribution in [2.24, 2.45) is 0 Å². The minimum atomic E-state index is -4.98. The molecule has 0 radical (unpaired) electrons. The number of nitrogen functional groups attached to an aromatic ring is 1. The van der Waals surface area contributed by atoms with Crippen LogP contribution < -0.4 is 25.8 Å². The molecule has 72 heavy (non-hydrogen) atoms. The molecule has 0 aromatic heterocycles. The van der Waals surface area contributed by atoms with Crippen LogP contribution in [-0.4, -0.2) is 134 Å². The second-order valence-electron chi connectivity index (χ2n) is 17.1. The van der Waals surface area contributed by atoms with E-state index in [1.807, 2.05) is 0 Å². The van der Waals surface area contributed by atoms with E-state index in [4.69, 9.17) is 38.4 Å². The van der Waals surface area contributed by atoms with Gasteiger partial charge < -0.3 is 45.1 Å². The van der Waals surface area contributed by atoms with Crippen molar-refractivity contribution in [1.29, 1.82) is 0 Å². The van der Waals surface area contributed by atoms with Crippen LogP contribution in [0.5, 0.6) is 11.5 Å². The molecule has 4 unspecified atom stereocenters. The summed E-state index contributed by atoms with van der Waals surface area (Å²) in [5.74, 6) is -2.54. The number of amides is 4. The summed E-state index contributed by atoms with van der Waals surface area (Å²) >= 11 is 11.7. The number of urea groups is 1. The van der Waals surface area contributed by atoms with Crippen molar-refractivity contribution in [2.75, 3.05) is 70.7 Å². The number of piperazine rings is 2. The molecule has 4 aliphatic heterocycles. The van der Waals surface area contributed by atoms with Crippen LogP contribution in [0.15, 0.2) is 84.9 Å². The molecular formula is C48H47Cl2F8N7O7. The number of morpholine rings is 2. The Labute approximate surface area is 417 Å². The van der Waals surface area contributed by atoms with Crippen molar-refractivity contribution >= 4 is 64.6 Å². The number of nitrogens with two attached hydrogens (primary N) is 1. The molecule has 4 bridgehead atoms. The molecule has 4 fully saturated rings. The molecule has 4 aromatic rings. The van der Waals surface area contributed by atoms with Crippen molar-refractivity contribution in [2.45, 2.75) is 50.0 Å². The Morgan fingerprint density at radius 3 is 1.44 bits per heavy atom. The van der Waals surface area contributed by atoms with Gasteiger partial charge in [0.25, 0.3) is 0 Å². The second-order valence-corrected chi connectivity index (χ2v) is 17.9. The Kier molecular flexibility index (Phi) is 17.2. The number of ether oxygens (including phenoxy) is 4. The molecule has 0 saturated carbocycles. The highest BCUT2D eigenvalue weighted by atomic mass is 35.5. The number of anilines is 2. The Bertz CT molecular complexity index is 2620. The number of rotatable bonds is 11. The van der Waals surface area contributed by atoms with Gasteiger partial charge in [-0.15, -0.1) is 26.3 Å². The van der Waals surface area contributed by atoms with Gasteiger partial charge in [0.05, 0.1) is 66.3 Å². The first-order valence-electron chi connectivity index (χ1n) is 22.1. The summed E-state index contributed by atoms with van der Waals surface area (Å²) in [4.78, 5) is 45.9. The zero-order chi connectivity index (χ0) is 51.9. The lowest BCUT2D eigenvalue weighted by Crippen LogP contribution is -2.65. The summed E-state index contributed by atoms with van der Waals surface area (Å²) < 4.78 is 122. The van der Waals surface area contributed by atoms with Crippen molar-refractivity contribution in [3.63, 3.8) is 0 Å². The highest BCUT2D eigenvalue weighted by molar-refractivity contribution is 6.33. The maximum Gasteiger partial charge on any atom is 0.573 e. The molecular weight excluding hydrogens is 1010 g/mol. The first kappa shape index (κ1) is 53.6. The highest BCUT2D eigenvalue weighted by Gasteiger charge is 2.42. The lowest BCUT2D eigenvalue weighted by molar-refractivity contribution is -0.275. The van der Waals surface area contributed by atoms with Gasteiger partial charge in [-0.1, -0.05) is 47.5 Å². The van der Waals surface area contributed by atoms with Crippen LogP contribution >= 0.6 is 23.2 Å². The summed E-state index contributed by atoms with van der Waals surface area (Å²) in [6.45, 7) is 4.78. The van der Waals surface area contributed by atoms with E-state index >= 15 is 0 Å². The number of halogens is 10. The molecule has 4 heterocycles. The average Bonchev–Trinajstić information content (AvgIpc) is 3.30. The fourth-order valence-electron chi connectivity index (χ4n) is 8.80. The summed E-state index contributed by atoms with van der Waals surface area (Å²) in [5.41, 5.74) is 8.23. The number of hydrogen-bond donors (Lipinski definition) is 3. The van der Waals surface area contributed by atoms with Gasteiger partial charge >= 0.3 is 18.8 Å². The van der Waals surface area contributed by atoms with Crippen LogP contribution in [-0.2, 0) is 32.2 Å². The highest BCUT2D eigenvalue weighted by Crippen LogP contribution is 2.37.